The Morgan fingerprint density at radius 1 is 1.24 bits per heavy atom. The summed E-state index contributed by atoms with van der Waals surface area (Å²) in [5, 5.41) is 6.77. The number of methoxy groups -OCH3 is 1. The van der Waals surface area contributed by atoms with E-state index in [0.717, 1.165) is 30.6 Å². The van der Waals surface area contributed by atoms with Gasteiger partial charge in [0.25, 0.3) is 0 Å². The first-order chi connectivity index (χ1) is 10.0. The second-order valence-corrected chi connectivity index (χ2v) is 5.79. The minimum Gasteiger partial charge on any atom is -0.497 e. The van der Waals surface area contributed by atoms with Gasteiger partial charge in [0.2, 0.25) is 0 Å². The Hall–Kier alpha value is -1.71. The normalized spacial score (nSPS) is 13.1. The Bertz CT molecular complexity index is 443. The van der Waals surface area contributed by atoms with Gasteiger partial charge in [0.05, 0.1) is 7.11 Å². The molecular weight excluding hydrogens is 262 g/mol. The van der Waals surface area contributed by atoms with Crippen LogP contribution >= 0.6 is 0 Å². The van der Waals surface area contributed by atoms with E-state index in [1.807, 2.05) is 18.2 Å². The second kappa shape index (κ2) is 9.27. The smallest absolute Gasteiger partial charge is 0.191 e. The summed E-state index contributed by atoms with van der Waals surface area (Å²) in [6, 6.07) is 8.47. The molecule has 0 radical (unpaired) electrons. The van der Waals surface area contributed by atoms with Crippen molar-refractivity contribution >= 4 is 5.96 Å². The zero-order valence-corrected chi connectivity index (χ0v) is 13.9. The number of rotatable bonds is 7. The second-order valence-electron chi connectivity index (χ2n) is 5.79. The number of aliphatic imine (C=N–C) groups is 1. The summed E-state index contributed by atoms with van der Waals surface area (Å²) in [5.41, 5.74) is 1.17. The van der Waals surface area contributed by atoms with Crippen molar-refractivity contribution in [1.82, 2.24) is 10.6 Å². The molecule has 4 heteroatoms. The number of hydrogen-bond donors (Lipinski definition) is 2. The van der Waals surface area contributed by atoms with Gasteiger partial charge in [-0.2, -0.15) is 0 Å². The van der Waals surface area contributed by atoms with E-state index in [1.54, 1.807) is 14.2 Å². The SMILES string of the molecule is CN=C(NCc1cccc(OC)c1)NC(C)CCC(C)C. The highest BCUT2D eigenvalue weighted by Crippen LogP contribution is 2.12. The van der Waals surface area contributed by atoms with Crippen LogP contribution < -0.4 is 15.4 Å². The lowest BCUT2D eigenvalue weighted by molar-refractivity contribution is 0.414. The highest BCUT2D eigenvalue weighted by atomic mass is 16.5. The van der Waals surface area contributed by atoms with E-state index in [-0.39, 0.29) is 0 Å². The molecule has 0 amide bonds. The quantitative estimate of drug-likeness (QED) is 0.599. The predicted molar refractivity (Wildman–Crippen MR) is 89.9 cm³/mol. The first kappa shape index (κ1) is 17.3. The summed E-state index contributed by atoms with van der Waals surface area (Å²) in [4.78, 5) is 4.28. The summed E-state index contributed by atoms with van der Waals surface area (Å²) in [7, 11) is 3.49. The Morgan fingerprint density at radius 2 is 2.00 bits per heavy atom. The van der Waals surface area contributed by atoms with E-state index >= 15 is 0 Å². The summed E-state index contributed by atoms with van der Waals surface area (Å²) >= 11 is 0. The van der Waals surface area contributed by atoms with Gasteiger partial charge in [-0.25, -0.2) is 0 Å². The fraction of sp³-hybridized carbons (Fsp3) is 0.588. The highest BCUT2D eigenvalue weighted by Gasteiger charge is 2.06. The topological polar surface area (TPSA) is 45.7 Å². The van der Waals surface area contributed by atoms with E-state index in [0.29, 0.717) is 6.04 Å². The maximum atomic E-state index is 5.23. The van der Waals surface area contributed by atoms with Crippen molar-refractivity contribution in [3.05, 3.63) is 29.8 Å². The molecule has 118 valence electrons. The molecule has 0 aliphatic heterocycles. The van der Waals surface area contributed by atoms with E-state index in [9.17, 15) is 0 Å². The minimum absolute atomic E-state index is 0.420. The average Bonchev–Trinajstić information content (AvgIpc) is 2.49. The lowest BCUT2D eigenvalue weighted by Crippen LogP contribution is -2.41. The monoisotopic (exact) mass is 291 g/mol. The molecule has 0 saturated carbocycles. The molecule has 2 N–H and O–H groups in total. The van der Waals surface area contributed by atoms with Gasteiger partial charge < -0.3 is 15.4 Å². The summed E-state index contributed by atoms with van der Waals surface area (Å²) in [6.45, 7) is 7.43. The molecule has 0 aliphatic carbocycles. The van der Waals surface area contributed by atoms with Crippen LogP contribution in [0.15, 0.2) is 29.3 Å². The summed E-state index contributed by atoms with van der Waals surface area (Å²) in [5.74, 6) is 2.46. The molecule has 1 atom stereocenters. The highest BCUT2D eigenvalue weighted by molar-refractivity contribution is 5.79. The minimum atomic E-state index is 0.420. The zero-order valence-electron chi connectivity index (χ0n) is 13.9. The summed E-state index contributed by atoms with van der Waals surface area (Å²) < 4.78 is 5.23. The van der Waals surface area contributed by atoms with E-state index in [1.165, 1.54) is 12.0 Å². The lowest BCUT2D eigenvalue weighted by atomic mass is 10.0. The Morgan fingerprint density at radius 3 is 2.62 bits per heavy atom. The van der Waals surface area contributed by atoms with Crippen LogP contribution in [0.1, 0.15) is 39.2 Å². The molecule has 1 unspecified atom stereocenters. The summed E-state index contributed by atoms with van der Waals surface area (Å²) in [6.07, 6.45) is 2.37. The van der Waals surface area contributed by atoms with Crippen LogP contribution in [0.25, 0.3) is 0 Å². The van der Waals surface area contributed by atoms with Gasteiger partial charge in [-0.05, 0) is 43.4 Å². The number of nitrogens with zero attached hydrogens (tertiary/aromatic N) is 1. The van der Waals surface area contributed by atoms with Crippen molar-refractivity contribution in [3.8, 4) is 5.75 Å². The van der Waals surface area contributed by atoms with Crippen LogP contribution in [0.3, 0.4) is 0 Å². The van der Waals surface area contributed by atoms with Gasteiger partial charge in [0, 0.05) is 19.6 Å². The van der Waals surface area contributed by atoms with Crippen molar-refractivity contribution in [3.63, 3.8) is 0 Å². The van der Waals surface area contributed by atoms with E-state index in [2.05, 4.69) is 42.5 Å². The van der Waals surface area contributed by atoms with Crippen LogP contribution in [0, 0.1) is 5.92 Å². The number of benzene rings is 1. The van der Waals surface area contributed by atoms with Crippen LogP contribution in [0.2, 0.25) is 0 Å². The molecule has 0 fully saturated rings. The fourth-order valence-electron chi connectivity index (χ4n) is 2.05. The van der Waals surface area contributed by atoms with Crippen LogP contribution in [-0.4, -0.2) is 26.2 Å². The molecule has 21 heavy (non-hydrogen) atoms. The molecule has 4 nitrogen and oxygen atoms in total. The third kappa shape index (κ3) is 7.02. The molecule has 0 aromatic heterocycles. The number of guanidine groups is 1. The van der Waals surface area contributed by atoms with Gasteiger partial charge in [-0.1, -0.05) is 26.0 Å². The van der Waals surface area contributed by atoms with Crippen molar-refractivity contribution in [2.24, 2.45) is 10.9 Å². The largest absolute Gasteiger partial charge is 0.497 e. The molecule has 1 rings (SSSR count). The standard InChI is InChI=1S/C17H29N3O/c1-13(2)9-10-14(3)20-17(18-4)19-12-15-7-6-8-16(11-15)21-5/h6-8,11,13-14H,9-10,12H2,1-5H3,(H2,18,19,20). The van der Waals surface area contributed by atoms with Crippen molar-refractivity contribution in [1.29, 1.82) is 0 Å². The predicted octanol–water partition coefficient (Wildman–Crippen LogP) is 3.18. The maximum Gasteiger partial charge on any atom is 0.191 e. The first-order valence-electron chi connectivity index (χ1n) is 7.65. The number of nitrogens with one attached hydrogen (secondary N) is 2. The third-order valence-electron chi connectivity index (χ3n) is 3.38. The van der Waals surface area contributed by atoms with Gasteiger partial charge in [-0.3, -0.25) is 4.99 Å². The zero-order chi connectivity index (χ0) is 15.7. The molecular formula is C17H29N3O. The van der Waals surface area contributed by atoms with Crippen LogP contribution in [0.5, 0.6) is 5.75 Å². The lowest BCUT2D eigenvalue weighted by Gasteiger charge is -2.18. The van der Waals surface area contributed by atoms with Crippen LogP contribution in [0.4, 0.5) is 0 Å². The molecule has 1 aromatic rings. The number of ether oxygens (including phenoxy) is 1. The van der Waals surface area contributed by atoms with E-state index in [4.69, 9.17) is 4.74 Å². The molecule has 0 saturated heterocycles. The van der Waals surface area contributed by atoms with Crippen LogP contribution in [-0.2, 0) is 6.54 Å². The number of hydrogen-bond acceptors (Lipinski definition) is 2. The van der Waals surface area contributed by atoms with Crippen molar-refractivity contribution < 1.29 is 4.74 Å². The molecule has 1 aromatic carbocycles. The van der Waals surface area contributed by atoms with Gasteiger partial charge >= 0.3 is 0 Å². The average molecular weight is 291 g/mol. The van der Waals surface area contributed by atoms with Gasteiger partial charge in [0.15, 0.2) is 5.96 Å². The Kier molecular flexibility index (Phi) is 7.65. The van der Waals surface area contributed by atoms with Crippen molar-refractivity contribution in [2.45, 2.75) is 46.2 Å². The Balaban J connectivity index is 2.43. The first-order valence-corrected chi connectivity index (χ1v) is 7.65. The molecule has 0 bridgehead atoms. The maximum absolute atomic E-state index is 5.23. The molecule has 0 spiro atoms. The Labute approximate surface area is 129 Å². The van der Waals surface area contributed by atoms with E-state index < -0.39 is 0 Å². The molecule has 0 aliphatic rings. The van der Waals surface area contributed by atoms with Gasteiger partial charge in [0.1, 0.15) is 5.75 Å². The fourth-order valence-corrected chi connectivity index (χ4v) is 2.05. The third-order valence-corrected chi connectivity index (χ3v) is 3.38. The van der Waals surface area contributed by atoms with Gasteiger partial charge in [-0.15, -0.1) is 0 Å². The van der Waals surface area contributed by atoms with Crippen molar-refractivity contribution in [2.75, 3.05) is 14.2 Å². The molecule has 0 heterocycles.